The van der Waals surface area contributed by atoms with Gasteiger partial charge in [0, 0.05) is 83.3 Å². The van der Waals surface area contributed by atoms with Gasteiger partial charge in [-0.1, -0.05) is 0 Å². The smallest absolute Gasteiger partial charge is 0 e. The maximum absolute atomic E-state index is 0. The molecule has 0 aliphatic carbocycles. The van der Waals surface area contributed by atoms with E-state index in [0.29, 0.717) is 0 Å². The van der Waals surface area contributed by atoms with E-state index >= 15 is 0 Å². The first-order valence-electron chi connectivity index (χ1n) is 0. The van der Waals surface area contributed by atoms with Crippen LogP contribution in [0.3, 0.4) is 0 Å². The summed E-state index contributed by atoms with van der Waals surface area (Å²) in [6, 6.07) is 0. The minimum absolute atomic E-state index is 0. The van der Waals surface area contributed by atoms with Crippen LogP contribution in [-0.2, 0) is 83.3 Å². The number of hydrogen-bond donors (Lipinski definition) is 0. The summed E-state index contributed by atoms with van der Waals surface area (Å²) in [5.74, 6) is 0. The molecular formula is IrPt2W. The third-order valence-electron chi connectivity index (χ3n) is 0. The van der Waals surface area contributed by atoms with Crippen molar-refractivity contribution in [2.45, 2.75) is 0 Å². The molecule has 0 aromatic carbocycles. The van der Waals surface area contributed by atoms with E-state index in [1.807, 2.05) is 0 Å². The predicted octanol–water partition coefficient (Wildman–Crippen LogP) is -0.0100. The van der Waals surface area contributed by atoms with Gasteiger partial charge in [0.25, 0.3) is 0 Å². The van der Waals surface area contributed by atoms with Crippen LogP contribution in [0.15, 0.2) is 0 Å². The van der Waals surface area contributed by atoms with Crippen molar-refractivity contribution in [3.63, 3.8) is 0 Å². The Morgan fingerprint density at radius 3 is 0.750 bits per heavy atom. The summed E-state index contributed by atoms with van der Waals surface area (Å²) in [7, 11) is 0. The Kier molecular flexibility index (Phi) is 128. The Balaban J connectivity index is 0. The molecular weight excluding hydrogens is 766 g/mol. The standard InChI is InChI=1S/Ir.2Pt.W. The Morgan fingerprint density at radius 2 is 0.750 bits per heavy atom. The van der Waals surface area contributed by atoms with Gasteiger partial charge in [-0.2, -0.15) is 0 Å². The van der Waals surface area contributed by atoms with Crippen LogP contribution >= 0.6 is 0 Å². The van der Waals surface area contributed by atoms with Gasteiger partial charge in [-0.05, 0) is 0 Å². The van der Waals surface area contributed by atoms with Gasteiger partial charge in [0.05, 0.1) is 0 Å². The molecule has 0 aliphatic heterocycles. The van der Waals surface area contributed by atoms with E-state index in [-0.39, 0.29) is 83.3 Å². The fraction of sp³-hybridized carbons (Fsp3) is 0. The van der Waals surface area contributed by atoms with Crippen LogP contribution in [0.4, 0.5) is 0 Å². The second kappa shape index (κ2) is 17.2. The topological polar surface area (TPSA) is 0 Å². The van der Waals surface area contributed by atoms with Crippen molar-refractivity contribution in [1.29, 1.82) is 0 Å². The van der Waals surface area contributed by atoms with Gasteiger partial charge in [0.15, 0.2) is 0 Å². The van der Waals surface area contributed by atoms with Gasteiger partial charge in [0.1, 0.15) is 0 Å². The molecule has 0 saturated carbocycles. The van der Waals surface area contributed by atoms with E-state index in [2.05, 4.69) is 0 Å². The van der Waals surface area contributed by atoms with Crippen LogP contribution in [-0.4, -0.2) is 0 Å². The molecule has 0 spiro atoms. The monoisotopic (exact) mass is 767 g/mol. The molecule has 35 valence electrons. The molecule has 0 saturated heterocycles. The molecule has 0 fully saturated rings. The van der Waals surface area contributed by atoms with Crippen molar-refractivity contribution >= 4 is 0 Å². The third-order valence-corrected chi connectivity index (χ3v) is 0. The van der Waals surface area contributed by atoms with Crippen molar-refractivity contribution in [3.05, 3.63) is 0 Å². The SMILES string of the molecule is [Ir].[Pt].[Pt].[W]. The van der Waals surface area contributed by atoms with Crippen molar-refractivity contribution in [2.75, 3.05) is 0 Å². The van der Waals surface area contributed by atoms with Gasteiger partial charge >= 0.3 is 0 Å². The minimum Gasteiger partial charge on any atom is 0 e. The summed E-state index contributed by atoms with van der Waals surface area (Å²) in [5, 5.41) is 0. The van der Waals surface area contributed by atoms with Crippen LogP contribution in [0, 0.1) is 0 Å². The van der Waals surface area contributed by atoms with Gasteiger partial charge in [-0.25, -0.2) is 0 Å². The van der Waals surface area contributed by atoms with E-state index in [0.717, 1.165) is 0 Å². The van der Waals surface area contributed by atoms with Gasteiger partial charge in [-0.3, -0.25) is 0 Å². The fourth-order valence-corrected chi connectivity index (χ4v) is 0. The zero-order valence-corrected chi connectivity index (χ0v) is 11.2. The zero-order valence-electron chi connectivity index (χ0n) is 1.37. The number of hydrogen-bond acceptors (Lipinski definition) is 0. The average molecular weight is 766 g/mol. The second-order valence-electron chi connectivity index (χ2n) is 0. The van der Waals surface area contributed by atoms with Crippen LogP contribution in [0.1, 0.15) is 0 Å². The number of rotatable bonds is 0. The molecule has 0 bridgehead atoms. The Hall–Kier alpha value is 2.71. The van der Waals surface area contributed by atoms with Gasteiger partial charge < -0.3 is 0 Å². The molecule has 0 rings (SSSR count). The van der Waals surface area contributed by atoms with Crippen molar-refractivity contribution < 1.29 is 83.3 Å². The first-order chi connectivity index (χ1) is 0. The molecule has 0 atom stereocenters. The zero-order chi connectivity index (χ0) is 0. The molecule has 0 heterocycles. The third kappa shape index (κ3) is 8.83. The van der Waals surface area contributed by atoms with E-state index < -0.39 is 0 Å². The molecule has 4 heavy (non-hydrogen) atoms. The first kappa shape index (κ1) is 29.8. The summed E-state index contributed by atoms with van der Waals surface area (Å²) in [6.45, 7) is 0. The maximum Gasteiger partial charge on any atom is 0 e. The normalized spacial score (nSPS) is 0. The Morgan fingerprint density at radius 1 is 0.750 bits per heavy atom. The Bertz CT molecular complexity index is 6.00. The predicted molar refractivity (Wildman–Crippen MR) is 0 cm³/mol. The van der Waals surface area contributed by atoms with E-state index in [1.165, 1.54) is 0 Å². The van der Waals surface area contributed by atoms with Crippen LogP contribution in [0.25, 0.3) is 0 Å². The molecule has 0 N–H and O–H groups in total. The van der Waals surface area contributed by atoms with Crippen molar-refractivity contribution in [2.24, 2.45) is 0 Å². The maximum atomic E-state index is 0. The molecule has 4 heteroatoms. The molecule has 1 radical (unpaired) electrons. The summed E-state index contributed by atoms with van der Waals surface area (Å²) in [5.41, 5.74) is 0. The summed E-state index contributed by atoms with van der Waals surface area (Å²) < 4.78 is 0. The minimum atomic E-state index is 0. The van der Waals surface area contributed by atoms with Crippen LogP contribution < -0.4 is 0 Å². The van der Waals surface area contributed by atoms with Crippen LogP contribution in [0.2, 0.25) is 0 Å². The summed E-state index contributed by atoms with van der Waals surface area (Å²) in [6.07, 6.45) is 0. The van der Waals surface area contributed by atoms with E-state index in [4.69, 9.17) is 0 Å². The quantitative estimate of drug-likeness (QED) is 0.326. The van der Waals surface area contributed by atoms with E-state index in [9.17, 15) is 0 Å². The summed E-state index contributed by atoms with van der Waals surface area (Å²) in [4.78, 5) is 0. The fourth-order valence-electron chi connectivity index (χ4n) is 0. The van der Waals surface area contributed by atoms with Crippen molar-refractivity contribution in [3.8, 4) is 0 Å². The second-order valence-corrected chi connectivity index (χ2v) is 0. The molecule has 0 aromatic rings. The summed E-state index contributed by atoms with van der Waals surface area (Å²) >= 11 is 0. The van der Waals surface area contributed by atoms with Crippen molar-refractivity contribution in [1.82, 2.24) is 0 Å². The molecule has 0 aromatic heterocycles. The van der Waals surface area contributed by atoms with Crippen LogP contribution in [0.5, 0.6) is 0 Å². The average Bonchev–Trinajstić information content (AvgIpc) is 0. The first-order valence-corrected chi connectivity index (χ1v) is 0. The molecule has 0 aliphatic rings. The van der Waals surface area contributed by atoms with E-state index in [1.54, 1.807) is 0 Å². The van der Waals surface area contributed by atoms with Gasteiger partial charge in [0.2, 0.25) is 0 Å². The molecule has 0 unspecified atom stereocenters. The molecule has 0 nitrogen and oxygen atoms in total. The van der Waals surface area contributed by atoms with Gasteiger partial charge in [-0.15, -0.1) is 0 Å². The molecule has 0 amide bonds. The Labute approximate surface area is 82.0 Å². The largest absolute Gasteiger partial charge is 0 e.